The molecule has 0 aliphatic rings. The van der Waals surface area contributed by atoms with Crippen LogP contribution in [0.4, 0.5) is 5.69 Å². The Morgan fingerprint density at radius 3 is 2.32 bits per heavy atom. The van der Waals surface area contributed by atoms with E-state index in [4.69, 9.17) is 14.2 Å². The predicted molar refractivity (Wildman–Crippen MR) is 101 cm³/mol. The molecule has 2 aromatic carbocycles. The molecule has 0 unspecified atom stereocenters. The van der Waals surface area contributed by atoms with Crippen LogP contribution in [0.5, 0.6) is 11.5 Å². The van der Waals surface area contributed by atoms with Gasteiger partial charge in [0.25, 0.3) is 5.69 Å². The Labute approximate surface area is 162 Å². The van der Waals surface area contributed by atoms with Gasteiger partial charge in [0.2, 0.25) is 0 Å². The lowest BCUT2D eigenvalue weighted by atomic mass is 10.1. The summed E-state index contributed by atoms with van der Waals surface area (Å²) in [6.45, 7) is 2.12. The number of esters is 1. The summed E-state index contributed by atoms with van der Waals surface area (Å²) in [5, 5.41) is 10.6. The molecule has 0 fully saturated rings. The topological polar surface area (TPSA) is 105 Å². The zero-order chi connectivity index (χ0) is 20.5. The van der Waals surface area contributed by atoms with E-state index in [2.05, 4.69) is 6.92 Å². The minimum Gasteiger partial charge on any atom is -0.493 e. The van der Waals surface area contributed by atoms with E-state index < -0.39 is 23.3 Å². The molecule has 0 atom stereocenters. The number of Topliss-reactive ketones (excluding diaryl/α,β-unsaturated/α-hetero) is 1. The number of benzene rings is 2. The van der Waals surface area contributed by atoms with Gasteiger partial charge in [0.1, 0.15) is 0 Å². The van der Waals surface area contributed by atoms with Gasteiger partial charge in [-0.15, -0.1) is 0 Å². The Balaban J connectivity index is 1.98. The molecule has 0 saturated heterocycles. The Hall–Kier alpha value is -3.42. The molecule has 8 heteroatoms. The van der Waals surface area contributed by atoms with Gasteiger partial charge in [0.05, 0.1) is 24.2 Å². The number of rotatable bonds is 10. The first kappa shape index (κ1) is 20.9. The summed E-state index contributed by atoms with van der Waals surface area (Å²) in [6, 6.07) is 9.71. The minimum atomic E-state index is -0.686. The quantitative estimate of drug-likeness (QED) is 0.201. The van der Waals surface area contributed by atoms with Crippen molar-refractivity contribution in [1.82, 2.24) is 0 Å². The number of unbranched alkanes of at least 4 members (excludes halogenated alkanes) is 1. The van der Waals surface area contributed by atoms with Gasteiger partial charge in [-0.25, -0.2) is 4.79 Å². The Kier molecular flexibility index (Phi) is 7.50. The zero-order valence-electron chi connectivity index (χ0n) is 15.7. The molecule has 0 heterocycles. The molecule has 2 aromatic rings. The molecule has 2 rings (SSSR count). The highest BCUT2D eigenvalue weighted by Gasteiger charge is 2.15. The number of hydrogen-bond acceptors (Lipinski definition) is 7. The fourth-order valence-corrected chi connectivity index (χ4v) is 2.31. The lowest BCUT2D eigenvalue weighted by Gasteiger charge is -2.11. The maximum Gasteiger partial charge on any atom is 0.338 e. The van der Waals surface area contributed by atoms with Crippen LogP contribution in [0, 0.1) is 10.1 Å². The zero-order valence-corrected chi connectivity index (χ0v) is 15.7. The average molecular weight is 387 g/mol. The molecule has 0 spiro atoms. The SMILES string of the molecule is CCCCOc1ccc(C(=O)OCC(=O)c2ccc([N+](=O)[O-])cc2)cc1OC. The van der Waals surface area contributed by atoms with Crippen LogP contribution in [-0.2, 0) is 4.74 Å². The van der Waals surface area contributed by atoms with Gasteiger partial charge in [-0.1, -0.05) is 13.3 Å². The van der Waals surface area contributed by atoms with E-state index in [0.717, 1.165) is 12.8 Å². The van der Waals surface area contributed by atoms with E-state index in [1.54, 1.807) is 6.07 Å². The summed E-state index contributed by atoms with van der Waals surface area (Å²) in [4.78, 5) is 34.4. The largest absolute Gasteiger partial charge is 0.493 e. The molecule has 0 radical (unpaired) electrons. The van der Waals surface area contributed by atoms with Gasteiger partial charge in [-0.2, -0.15) is 0 Å². The van der Waals surface area contributed by atoms with E-state index in [1.165, 1.54) is 43.5 Å². The first-order valence-corrected chi connectivity index (χ1v) is 8.72. The first-order chi connectivity index (χ1) is 13.5. The smallest absolute Gasteiger partial charge is 0.338 e. The fraction of sp³-hybridized carbons (Fsp3) is 0.300. The summed E-state index contributed by atoms with van der Waals surface area (Å²) in [5.41, 5.74) is 0.314. The predicted octanol–water partition coefficient (Wildman–Crippen LogP) is 3.82. The van der Waals surface area contributed by atoms with Crippen LogP contribution in [-0.4, -0.2) is 37.0 Å². The lowest BCUT2D eigenvalue weighted by molar-refractivity contribution is -0.384. The maximum absolute atomic E-state index is 12.2. The van der Waals surface area contributed by atoms with E-state index in [9.17, 15) is 19.7 Å². The van der Waals surface area contributed by atoms with Gasteiger partial charge in [0.15, 0.2) is 23.9 Å². The number of carbonyl (C=O) groups is 2. The van der Waals surface area contributed by atoms with Crippen molar-refractivity contribution in [3.63, 3.8) is 0 Å². The fourth-order valence-electron chi connectivity index (χ4n) is 2.31. The number of ether oxygens (including phenoxy) is 3. The van der Waals surface area contributed by atoms with E-state index >= 15 is 0 Å². The van der Waals surface area contributed by atoms with Crippen molar-refractivity contribution >= 4 is 17.4 Å². The molecule has 148 valence electrons. The standard InChI is InChI=1S/C20H21NO7/c1-3-4-11-27-18-10-7-15(12-19(18)26-2)20(23)28-13-17(22)14-5-8-16(9-6-14)21(24)25/h5-10,12H,3-4,11,13H2,1-2H3. The summed E-state index contributed by atoms with van der Waals surface area (Å²) in [5.74, 6) is -0.231. The number of carbonyl (C=O) groups excluding carboxylic acids is 2. The monoisotopic (exact) mass is 387 g/mol. The van der Waals surface area contributed by atoms with Crippen molar-refractivity contribution in [2.45, 2.75) is 19.8 Å². The Morgan fingerprint density at radius 2 is 1.71 bits per heavy atom. The second-order valence-electron chi connectivity index (χ2n) is 5.87. The molecule has 0 aliphatic carbocycles. The molecular formula is C20H21NO7. The minimum absolute atomic E-state index is 0.123. The highest BCUT2D eigenvalue weighted by atomic mass is 16.6. The molecule has 0 N–H and O–H groups in total. The van der Waals surface area contributed by atoms with Crippen LogP contribution in [0.25, 0.3) is 0 Å². The second-order valence-corrected chi connectivity index (χ2v) is 5.87. The Bertz CT molecular complexity index is 846. The molecule has 0 aromatic heterocycles. The third-order valence-corrected chi connectivity index (χ3v) is 3.89. The highest BCUT2D eigenvalue weighted by molar-refractivity contribution is 5.99. The lowest BCUT2D eigenvalue weighted by Crippen LogP contribution is -2.14. The van der Waals surface area contributed by atoms with Crippen molar-refractivity contribution in [3.05, 3.63) is 63.7 Å². The van der Waals surface area contributed by atoms with Crippen LogP contribution in [0.1, 0.15) is 40.5 Å². The van der Waals surface area contributed by atoms with Gasteiger partial charge < -0.3 is 14.2 Å². The molecule has 0 amide bonds. The summed E-state index contributed by atoms with van der Waals surface area (Å²) in [7, 11) is 1.47. The third kappa shape index (κ3) is 5.54. The van der Waals surface area contributed by atoms with Crippen LogP contribution < -0.4 is 9.47 Å². The number of nitro benzene ring substituents is 1. The number of ketones is 1. The van der Waals surface area contributed by atoms with Crippen molar-refractivity contribution in [2.75, 3.05) is 20.3 Å². The number of nitrogens with zero attached hydrogens (tertiary/aromatic N) is 1. The summed E-state index contributed by atoms with van der Waals surface area (Å²) in [6.07, 6.45) is 1.90. The number of methoxy groups -OCH3 is 1. The highest BCUT2D eigenvalue weighted by Crippen LogP contribution is 2.28. The van der Waals surface area contributed by atoms with Gasteiger partial charge in [-0.3, -0.25) is 14.9 Å². The van der Waals surface area contributed by atoms with Crippen molar-refractivity contribution in [3.8, 4) is 11.5 Å². The van der Waals surface area contributed by atoms with Crippen LogP contribution in [0.3, 0.4) is 0 Å². The molecule has 0 bridgehead atoms. The van der Waals surface area contributed by atoms with Crippen molar-refractivity contribution < 1.29 is 28.7 Å². The molecule has 8 nitrogen and oxygen atoms in total. The van der Waals surface area contributed by atoms with E-state index in [-0.39, 0.29) is 16.8 Å². The summed E-state index contributed by atoms with van der Waals surface area (Å²) < 4.78 is 15.9. The van der Waals surface area contributed by atoms with Crippen LogP contribution in [0.2, 0.25) is 0 Å². The third-order valence-electron chi connectivity index (χ3n) is 3.89. The van der Waals surface area contributed by atoms with Gasteiger partial charge in [-0.05, 0) is 36.8 Å². The van der Waals surface area contributed by atoms with E-state index in [1.807, 2.05) is 0 Å². The normalized spacial score (nSPS) is 10.2. The van der Waals surface area contributed by atoms with Crippen molar-refractivity contribution in [1.29, 1.82) is 0 Å². The molecule has 28 heavy (non-hydrogen) atoms. The number of nitro groups is 1. The van der Waals surface area contributed by atoms with Crippen molar-refractivity contribution in [2.24, 2.45) is 0 Å². The summed E-state index contributed by atoms with van der Waals surface area (Å²) >= 11 is 0. The molecule has 0 saturated carbocycles. The van der Waals surface area contributed by atoms with Gasteiger partial charge >= 0.3 is 5.97 Å². The molecular weight excluding hydrogens is 366 g/mol. The van der Waals surface area contributed by atoms with Crippen LogP contribution >= 0.6 is 0 Å². The number of non-ortho nitro benzene ring substituents is 1. The maximum atomic E-state index is 12.2. The average Bonchev–Trinajstić information content (AvgIpc) is 2.72. The van der Waals surface area contributed by atoms with Gasteiger partial charge in [0, 0.05) is 17.7 Å². The second kappa shape index (κ2) is 10.1. The van der Waals surface area contributed by atoms with Crippen LogP contribution in [0.15, 0.2) is 42.5 Å². The first-order valence-electron chi connectivity index (χ1n) is 8.72. The Morgan fingerprint density at radius 1 is 1.04 bits per heavy atom. The molecule has 0 aliphatic heterocycles. The van der Waals surface area contributed by atoms with E-state index in [0.29, 0.717) is 18.1 Å². The number of hydrogen-bond donors (Lipinski definition) is 0.